The minimum Gasteiger partial charge on any atom is -0.386 e. The first-order valence-corrected chi connectivity index (χ1v) is 7.85. The third-order valence-corrected chi connectivity index (χ3v) is 4.59. The Kier molecular flexibility index (Phi) is 2.98. The van der Waals surface area contributed by atoms with Crippen LogP contribution in [0.25, 0.3) is 11.2 Å². The number of H-pyrrole nitrogens is 1. The second kappa shape index (κ2) is 4.69. The zero-order chi connectivity index (χ0) is 15.5. The number of imidazole rings is 1. The van der Waals surface area contributed by atoms with E-state index in [2.05, 4.69) is 19.5 Å². The lowest BCUT2D eigenvalue weighted by Gasteiger charge is -2.27. The van der Waals surface area contributed by atoms with Crippen molar-refractivity contribution >= 4 is 19.0 Å². The summed E-state index contributed by atoms with van der Waals surface area (Å²) in [6.07, 6.45) is -1.43. The van der Waals surface area contributed by atoms with Crippen molar-refractivity contribution in [2.75, 3.05) is 6.61 Å². The van der Waals surface area contributed by atoms with Crippen molar-refractivity contribution in [1.82, 2.24) is 19.5 Å². The summed E-state index contributed by atoms with van der Waals surface area (Å²) in [5.74, 6) is 0. The highest BCUT2D eigenvalue weighted by atomic mass is 31.2. The van der Waals surface area contributed by atoms with Crippen molar-refractivity contribution in [3.05, 3.63) is 23.0 Å². The first kappa shape index (κ1) is 14.0. The molecule has 0 radical (unpaired) electrons. The predicted octanol–water partition coefficient (Wildman–Crippen LogP) is -1.11. The molecule has 2 saturated heterocycles. The number of hydrogen-bond donors (Lipinski definition) is 3. The van der Waals surface area contributed by atoms with Gasteiger partial charge in [-0.15, -0.1) is 0 Å². The van der Waals surface area contributed by atoms with E-state index in [1.807, 2.05) is 0 Å². The monoisotopic (exact) mass is 330 g/mol. The molecule has 4 heterocycles. The summed E-state index contributed by atoms with van der Waals surface area (Å²) in [6.45, 7) is -0.188. The van der Waals surface area contributed by atoms with Gasteiger partial charge in [-0.3, -0.25) is 18.4 Å². The van der Waals surface area contributed by atoms with Gasteiger partial charge < -0.3 is 19.7 Å². The van der Waals surface area contributed by atoms with Crippen LogP contribution in [-0.4, -0.2) is 54.4 Å². The van der Waals surface area contributed by atoms with Gasteiger partial charge in [0.2, 0.25) is 0 Å². The van der Waals surface area contributed by atoms with Crippen LogP contribution in [0, 0.1) is 0 Å². The van der Waals surface area contributed by atoms with Crippen LogP contribution in [0.15, 0.2) is 17.4 Å². The van der Waals surface area contributed by atoms with Crippen molar-refractivity contribution in [2.45, 2.75) is 24.5 Å². The van der Waals surface area contributed by atoms with Gasteiger partial charge in [-0.1, -0.05) is 0 Å². The fraction of sp³-hybridized carbons (Fsp3) is 0.500. The molecule has 22 heavy (non-hydrogen) atoms. The standard InChI is InChI=1S/C10H11N4O7P/c15-6-7-4(1-19-22(17,18)21-7)20-10(6)14-3-13-5-8(14)11-2-12-9(5)16/h2-4,6-7,10,15H,1H2,(H,17,18)(H,11,12,16)/t4-,6+,7-,10-/m0/s1. The molecule has 0 aromatic carbocycles. The smallest absolute Gasteiger partial charge is 0.386 e. The van der Waals surface area contributed by atoms with Crippen molar-refractivity contribution in [2.24, 2.45) is 0 Å². The topological polar surface area (TPSA) is 149 Å². The van der Waals surface area contributed by atoms with Gasteiger partial charge in [0.15, 0.2) is 17.4 Å². The van der Waals surface area contributed by atoms with Gasteiger partial charge in [-0.2, -0.15) is 0 Å². The molecule has 2 aromatic heterocycles. The maximum atomic E-state index is 11.6. The van der Waals surface area contributed by atoms with Crippen LogP contribution in [0.3, 0.4) is 0 Å². The van der Waals surface area contributed by atoms with Gasteiger partial charge in [-0.05, 0) is 0 Å². The van der Waals surface area contributed by atoms with E-state index in [4.69, 9.17) is 9.26 Å². The van der Waals surface area contributed by atoms with E-state index in [1.165, 1.54) is 17.2 Å². The van der Waals surface area contributed by atoms with Crippen LogP contribution in [-0.2, 0) is 18.3 Å². The molecule has 118 valence electrons. The minimum absolute atomic E-state index is 0.0955. The fourth-order valence-corrected chi connectivity index (χ4v) is 3.58. The Morgan fingerprint density at radius 2 is 2.27 bits per heavy atom. The second-order valence-corrected chi connectivity index (χ2v) is 6.35. The second-order valence-electron chi connectivity index (χ2n) is 4.95. The summed E-state index contributed by atoms with van der Waals surface area (Å²) in [6, 6.07) is 0. The summed E-state index contributed by atoms with van der Waals surface area (Å²) < 4.78 is 27.9. The molecule has 12 heteroatoms. The average molecular weight is 330 g/mol. The van der Waals surface area contributed by atoms with Crippen molar-refractivity contribution in [3.63, 3.8) is 0 Å². The SMILES string of the molecule is O=c1[nH]cnc2c1ncn2[C@H]1O[C@H]2COP(=O)(O)O[C@@H]2[C@H]1O. The quantitative estimate of drug-likeness (QED) is 0.553. The first-order chi connectivity index (χ1) is 10.5. The molecule has 2 aromatic rings. The van der Waals surface area contributed by atoms with E-state index >= 15 is 0 Å². The third kappa shape index (κ3) is 2.02. The largest absolute Gasteiger partial charge is 0.472 e. The highest BCUT2D eigenvalue weighted by molar-refractivity contribution is 7.47. The lowest BCUT2D eigenvalue weighted by molar-refractivity contribution is -0.0664. The number of aliphatic hydroxyl groups excluding tert-OH is 1. The molecule has 5 atom stereocenters. The van der Waals surface area contributed by atoms with Gasteiger partial charge in [0.1, 0.15) is 18.3 Å². The summed E-state index contributed by atoms with van der Waals surface area (Å²) in [5, 5.41) is 10.3. The van der Waals surface area contributed by atoms with Crippen molar-refractivity contribution in [1.29, 1.82) is 0 Å². The summed E-state index contributed by atoms with van der Waals surface area (Å²) in [7, 11) is -4.19. The Morgan fingerprint density at radius 1 is 1.45 bits per heavy atom. The van der Waals surface area contributed by atoms with Crippen LogP contribution in [0.5, 0.6) is 0 Å². The average Bonchev–Trinajstić information content (AvgIpc) is 3.01. The van der Waals surface area contributed by atoms with Crippen LogP contribution in [0.2, 0.25) is 0 Å². The molecule has 2 fully saturated rings. The lowest BCUT2D eigenvalue weighted by Crippen LogP contribution is -2.39. The molecule has 0 amide bonds. The van der Waals surface area contributed by atoms with E-state index in [1.54, 1.807) is 0 Å². The zero-order valence-corrected chi connectivity index (χ0v) is 11.8. The minimum atomic E-state index is -4.19. The predicted molar refractivity (Wildman–Crippen MR) is 68.7 cm³/mol. The number of fused-ring (bicyclic) bond motifs is 2. The lowest BCUT2D eigenvalue weighted by atomic mass is 10.1. The molecule has 2 aliphatic heterocycles. The number of aliphatic hydroxyl groups is 1. The molecule has 0 saturated carbocycles. The number of aromatic amines is 1. The third-order valence-electron chi connectivity index (χ3n) is 3.61. The molecule has 4 rings (SSSR count). The number of aromatic nitrogens is 4. The molecule has 1 unspecified atom stereocenters. The normalized spacial score (nSPS) is 38.3. The van der Waals surface area contributed by atoms with E-state index in [9.17, 15) is 19.4 Å². The summed E-state index contributed by atoms with van der Waals surface area (Å²) >= 11 is 0. The first-order valence-electron chi connectivity index (χ1n) is 6.36. The number of nitrogens with zero attached hydrogens (tertiary/aromatic N) is 3. The molecule has 0 aliphatic carbocycles. The van der Waals surface area contributed by atoms with Gasteiger partial charge in [0.25, 0.3) is 5.56 Å². The Bertz CT molecular complexity index is 834. The van der Waals surface area contributed by atoms with Gasteiger partial charge in [-0.25, -0.2) is 14.5 Å². The number of phosphoric ester groups is 1. The number of hydrogen-bond acceptors (Lipinski definition) is 8. The van der Waals surface area contributed by atoms with Crippen LogP contribution >= 0.6 is 7.82 Å². The zero-order valence-electron chi connectivity index (χ0n) is 10.9. The fourth-order valence-electron chi connectivity index (χ4n) is 2.61. The van der Waals surface area contributed by atoms with Gasteiger partial charge >= 0.3 is 7.82 Å². The molecule has 0 spiro atoms. The van der Waals surface area contributed by atoms with Crippen molar-refractivity contribution in [3.8, 4) is 0 Å². The Labute approximate surface area is 122 Å². The van der Waals surface area contributed by atoms with Crippen LogP contribution in [0.4, 0.5) is 0 Å². The molecule has 2 aliphatic rings. The highest BCUT2D eigenvalue weighted by Crippen LogP contribution is 2.52. The van der Waals surface area contributed by atoms with Crippen LogP contribution in [0.1, 0.15) is 6.23 Å². The van der Waals surface area contributed by atoms with Crippen molar-refractivity contribution < 1.29 is 28.3 Å². The number of rotatable bonds is 1. The molecule has 11 nitrogen and oxygen atoms in total. The van der Waals surface area contributed by atoms with Gasteiger partial charge in [0.05, 0.1) is 19.3 Å². The molecular weight excluding hydrogens is 319 g/mol. The number of nitrogens with one attached hydrogen (secondary N) is 1. The molecular formula is C10H11N4O7P. The summed E-state index contributed by atoms with van der Waals surface area (Å²) in [5.41, 5.74) is -0.106. The number of ether oxygens (including phenoxy) is 1. The van der Waals surface area contributed by atoms with E-state index < -0.39 is 37.9 Å². The van der Waals surface area contributed by atoms with Gasteiger partial charge in [0, 0.05) is 0 Å². The highest BCUT2D eigenvalue weighted by Gasteiger charge is 2.52. The Morgan fingerprint density at radius 3 is 3.09 bits per heavy atom. The Hall–Kier alpha value is -1.62. The number of phosphoric acid groups is 1. The maximum absolute atomic E-state index is 11.6. The molecule has 3 N–H and O–H groups in total. The Balaban J connectivity index is 1.73. The summed E-state index contributed by atoms with van der Waals surface area (Å²) in [4.78, 5) is 31.3. The van der Waals surface area contributed by atoms with E-state index in [0.29, 0.717) is 0 Å². The van der Waals surface area contributed by atoms with E-state index in [0.717, 1.165) is 0 Å². The maximum Gasteiger partial charge on any atom is 0.472 e. The van der Waals surface area contributed by atoms with Crippen LogP contribution < -0.4 is 5.56 Å². The van der Waals surface area contributed by atoms with E-state index in [-0.39, 0.29) is 17.8 Å². The molecule has 0 bridgehead atoms.